The first-order chi connectivity index (χ1) is 14.0. The normalized spacial score (nSPS) is 10.6. The minimum atomic E-state index is -0.367. The van der Waals surface area contributed by atoms with Crippen LogP contribution >= 0.6 is 11.6 Å². The van der Waals surface area contributed by atoms with E-state index in [-0.39, 0.29) is 18.3 Å². The topological polar surface area (TPSA) is 81.4 Å². The summed E-state index contributed by atoms with van der Waals surface area (Å²) < 4.78 is 10.5. The number of nitrogens with zero attached hydrogens (tertiary/aromatic N) is 1. The summed E-state index contributed by atoms with van der Waals surface area (Å²) in [6, 6.07) is 15.5. The average Bonchev–Trinajstić information content (AvgIpc) is 3.17. The van der Waals surface area contributed by atoms with Gasteiger partial charge in [-0.05, 0) is 55.0 Å². The van der Waals surface area contributed by atoms with Gasteiger partial charge in [-0.1, -0.05) is 30.1 Å². The number of hydrogen-bond donors (Lipinski definition) is 1. The van der Waals surface area contributed by atoms with E-state index in [1.807, 2.05) is 19.1 Å². The summed E-state index contributed by atoms with van der Waals surface area (Å²) in [6.07, 6.45) is 1.87. The highest BCUT2D eigenvalue weighted by Crippen LogP contribution is 2.22. The molecule has 1 aromatic heterocycles. The van der Waals surface area contributed by atoms with Gasteiger partial charge in [0.25, 0.3) is 0 Å². The second-order valence-corrected chi connectivity index (χ2v) is 6.92. The van der Waals surface area contributed by atoms with Crippen LogP contribution in [0.15, 0.2) is 59.1 Å². The molecule has 0 aliphatic heterocycles. The SMILES string of the molecule is CCCCOC(=O)c1ccc(NC(=O)Cc2cc(-c3ccc(Cl)cc3)on2)cc1. The molecule has 0 bridgehead atoms. The molecule has 3 aromatic rings. The molecular weight excluding hydrogens is 392 g/mol. The number of aromatic nitrogens is 1. The lowest BCUT2D eigenvalue weighted by atomic mass is 10.1. The summed E-state index contributed by atoms with van der Waals surface area (Å²) in [5.41, 5.74) is 2.38. The van der Waals surface area contributed by atoms with Crippen LogP contribution in [0.3, 0.4) is 0 Å². The third-order valence-corrected chi connectivity index (χ3v) is 4.42. The van der Waals surface area contributed by atoms with Gasteiger partial charge < -0.3 is 14.6 Å². The molecule has 0 fully saturated rings. The molecule has 0 aliphatic rings. The standard InChI is InChI=1S/C22H21ClN2O4/c1-2-3-12-28-22(27)16-6-10-18(11-7-16)24-21(26)14-19-13-20(29-25-19)15-4-8-17(23)9-5-15/h4-11,13H,2-3,12,14H2,1H3,(H,24,26). The van der Waals surface area contributed by atoms with Gasteiger partial charge in [0.05, 0.1) is 24.3 Å². The summed E-state index contributed by atoms with van der Waals surface area (Å²) in [7, 11) is 0. The van der Waals surface area contributed by atoms with Crippen molar-refractivity contribution in [1.82, 2.24) is 5.16 Å². The fourth-order valence-corrected chi connectivity index (χ4v) is 2.72. The molecule has 0 spiro atoms. The van der Waals surface area contributed by atoms with Gasteiger partial charge in [0.2, 0.25) is 5.91 Å². The van der Waals surface area contributed by atoms with Crippen LogP contribution in [0, 0.1) is 0 Å². The molecular formula is C22H21ClN2O4. The van der Waals surface area contributed by atoms with Crippen molar-refractivity contribution in [3.8, 4) is 11.3 Å². The predicted octanol–water partition coefficient (Wildman–Crippen LogP) is 5.13. The first-order valence-corrected chi connectivity index (χ1v) is 9.71. The van der Waals surface area contributed by atoms with E-state index in [9.17, 15) is 9.59 Å². The van der Waals surface area contributed by atoms with E-state index >= 15 is 0 Å². The number of carbonyl (C=O) groups excluding carboxylic acids is 2. The van der Waals surface area contributed by atoms with E-state index < -0.39 is 0 Å². The molecule has 1 N–H and O–H groups in total. The fraction of sp³-hybridized carbons (Fsp3) is 0.227. The maximum atomic E-state index is 12.3. The van der Waals surface area contributed by atoms with E-state index in [0.29, 0.717) is 34.3 Å². The van der Waals surface area contributed by atoms with Crippen LogP contribution in [0.25, 0.3) is 11.3 Å². The smallest absolute Gasteiger partial charge is 0.338 e. The van der Waals surface area contributed by atoms with E-state index in [4.69, 9.17) is 20.9 Å². The minimum absolute atomic E-state index is 0.0674. The number of benzene rings is 2. The number of unbranched alkanes of at least 4 members (excludes halogenated alkanes) is 1. The molecule has 0 saturated carbocycles. The molecule has 7 heteroatoms. The van der Waals surface area contributed by atoms with Gasteiger partial charge in [-0.15, -0.1) is 0 Å². The Balaban J connectivity index is 1.54. The van der Waals surface area contributed by atoms with Crippen LogP contribution in [0.2, 0.25) is 5.02 Å². The molecule has 150 valence electrons. The number of amides is 1. The Bertz CT molecular complexity index is 965. The van der Waals surface area contributed by atoms with E-state index in [1.54, 1.807) is 42.5 Å². The molecule has 0 unspecified atom stereocenters. The van der Waals surface area contributed by atoms with E-state index in [0.717, 1.165) is 18.4 Å². The zero-order valence-corrected chi connectivity index (χ0v) is 16.7. The lowest BCUT2D eigenvalue weighted by Crippen LogP contribution is -2.14. The molecule has 6 nitrogen and oxygen atoms in total. The molecule has 1 heterocycles. The van der Waals surface area contributed by atoms with Crippen molar-refractivity contribution in [2.45, 2.75) is 26.2 Å². The van der Waals surface area contributed by atoms with Gasteiger partial charge in [-0.25, -0.2) is 4.79 Å². The van der Waals surface area contributed by atoms with E-state index in [2.05, 4.69) is 10.5 Å². The second kappa shape index (κ2) is 9.89. The molecule has 0 saturated heterocycles. The van der Waals surface area contributed by atoms with Gasteiger partial charge in [0.1, 0.15) is 0 Å². The van der Waals surface area contributed by atoms with Crippen LogP contribution < -0.4 is 5.32 Å². The summed E-state index contributed by atoms with van der Waals surface area (Å²) in [4.78, 5) is 24.2. The molecule has 1 amide bonds. The Morgan fingerprint density at radius 1 is 1.10 bits per heavy atom. The second-order valence-electron chi connectivity index (χ2n) is 6.48. The van der Waals surface area contributed by atoms with E-state index in [1.165, 1.54) is 0 Å². The van der Waals surface area contributed by atoms with Gasteiger partial charge in [-0.3, -0.25) is 4.79 Å². The Labute approximate surface area is 173 Å². The summed E-state index contributed by atoms with van der Waals surface area (Å²) in [6.45, 7) is 2.44. The minimum Gasteiger partial charge on any atom is -0.462 e. The first kappa shape index (κ1) is 20.6. The lowest BCUT2D eigenvalue weighted by Gasteiger charge is -2.06. The van der Waals surface area contributed by atoms with Gasteiger partial charge in [-0.2, -0.15) is 0 Å². The average molecular weight is 413 g/mol. The summed E-state index contributed by atoms with van der Waals surface area (Å²) in [5.74, 6) is -0.0386. The largest absolute Gasteiger partial charge is 0.462 e. The molecule has 3 rings (SSSR count). The number of anilines is 1. The number of rotatable bonds is 8. The van der Waals surface area contributed by atoms with Crippen molar-refractivity contribution >= 4 is 29.2 Å². The Hall–Kier alpha value is -3.12. The van der Waals surface area contributed by atoms with Crippen LogP contribution in [0.5, 0.6) is 0 Å². The summed E-state index contributed by atoms with van der Waals surface area (Å²) >= 11 is 5.88. The highest BCUT2D eigenvalue weighted by molar-refractivity contribution is 6.30. The number of halogens is 1. The number of nitrogens with one attached hydrogen (secondary N) is 1. The van der Waals surface area contributed by atoms with Crippen LogP contribution in [0.1, 0.15) is 35.8 Å². The maximum Gasteiger partial charge on any atom is 0.338 e. The summed E-state index contributed by atoms with van der Waals surface area (Å²) in [5, 5.41) is 7.35. The van der Waals surface area contributed by atoms with Crippen LogP contribution in [0.4, 0.5) is 5.69 Å². The predicted molar refractivity (Wildman–Crippen MR) is 111 cm³/mol. The highest BCUT2D eigenvalue weighted by Gasteiger charge is 2.12. The molecule has 0 aliphatic carbocycles. The van der Waals surface area contributed by atoms with Crippen molar-refractivity contribution in [3.63, 3.8) is 0 Å². The Morgan fingerprint density at radius 2 is 1.83 bits per heavy atom. The van der Waals surface area contributed by atoms with Crippen molar-refractivity contribution < 1.29 is 18.8 Å². The maximum absolute atomic E-state index is 12.3. The van der Waals surface area contributed by atoms with Gasteiger partial charge in [0, 0.05) is 22.3 Å². The number of ether oxygens (including phenoxy) is 1. The Morgan fingerprint density at radius 3 is 2.52 bits per heavy atom. The van der Waals surface area contributed by atoms with Gasteiger partial charge >= 0.3 is 5.97 Å². The van der Waals surface area contributed by atoms with Crippen LogP contribution in [-0.2, 0) is 16.0 Å². The lowest BCUT2D eigenvalue weighted by molar-refractivity contribution is -0.115. The third-order valence-electron chi connectivity index (χ3n) is 4.16. The van der Waals surface area contributed by atoms with Crippen LogP contribution in [-0.4, -0.2) is 23.6 Å². The number of hydrogen-bond acceptors (Lipinski definition) is 5. The van der Waals surface area contributed by atoms with Crippen molar-refractivity contribution in [3.05, 3.63) is 70.9 Å². The molecule has 29 heavy (non-hydrogen) atoms. The monoisotopic (exact) mass is 412 g/mol. The molecule has 0 radical (unpaired) electrons. The van der Waals surface area contributed by atoms with Gasteiger partial charge in [0.15, 0.2) is 5.76 Å². The fourth-order valence-electron chi connectivity index (χ4n) is 2.60. The Kier molecular flexibility index (Phi) is 7.03. The molecule has 2 aromatic carbocycles. The third kappa shape index (κ3) is 5.93. The number of carbonyl (C=O) groups is 2. The zero-order chi connectivity index (χ0) is 20.6. The zero-order valence-electron chi connectivity index (χ0n) is 16.0. The van der Waals surface area contributed by atoms with Crippen molar-refractivity contribution in [2.75, 3.05) is 11.9 Å². The van der Waals surface area contributed by atoms with Crippen molar-refractivity contribution in [1.29, 1.82) is 0 Å². The molecule has 0 atom stereocenters. The number of esters is 1. The quantitative estimate of drug-likeness (QED) is 0.409. The van der Waals surface area contributed by atoms with Crippen molar-refractivity contribution in [2.24, 2.45) is 0 Å². The highest BCUT2D eigenvalue weighted by atomic mass is 35.5. The first-order valence-electron chi connectivity index (χ1n) is 9.33.